The van der Waals surface area contributed by atoms with Gasteiger partial charge in [0.25, 0.3) is 0 Å². The lowest BCUT2D eigenvalue weighted by atomic mass is 10.0. The molecular formula is C8H9N3O4. The quantitative estimate of drug-likeness (QED) is 0.532. The summed E-state index contributed by atoms with van der Waals surface area (Å²) < 4.78 is 0. The molecule has 0 aromatic rings. The van der Waals surface area contributed by atoms with E-state index in [-0.39, 0.29) is 0 Å². The second-order valence-corrected chi connectivity index (χ2v) is 3.70. The van der Waals surface area contributed by atoms with Gasteiger partial charge in [-0.2, -0.15) is 0 Å². The number of nitrogens with zero attached hydrogens (tertiary/aromatic N) is 1. The normalized spacial score (nSPS) is 22.9. The Kier molecular flexibility index (Phi) is 1.79. The Balaban J connectivity index is 2.24. The summed E-state index contributed by atoms with van der Waals surface area (Å²) in [5.41, 5.74) is 3.79. The number of urea groups is 1. The van der Waals surface area contributed by atoms with E-state index < -0.39 is 35.7 Å². The summed E-state index contributed by atoms with van der Waals surface area (Å²) in [6.07, 6.45) is 0.834. The summed E-state index contributed by atoms with van der Waals surface area (Å²) in [6, 6.07) is -0.874. The molecule has 1 aliphatic heterocycles. The fourth-order valence-electron chi connectivity index (χ4n) is 1.60. The van der Waals surface area contributed by atoms with Crippen LogP contribution in [0.25, 0.3) is 0 Å². The minimum Gasteiger partial charge on any atom is -0.368 e. The zero-order valence-electron chi connectivity index (χ0n) is 7.78. The van der Waals surface area contributed by atoms with Crippen LogP contribution >= 0.6 is 0 Å². The topological polar surface area (TPSA) is 110 Å². The average Bonchev–Trinajstić information content (AvgIpc) is 2.91. The molecule has 80 valence electrons. The molecule has 0 bridgehead atoms. The van der Waals surface area contributed by atoms with Crippen molar-refractivity contribution in [1.29, 1.82) is 0 Å². The second-order valence-electron chi connectivity index (χ2n) is 3.70. The summed E-state index contributed by atoms with van der Waals surface area (Å²) in [6.45, 7) is -0.486. The number of carbonyl (C=O) groups is 4. The fraction of sp³-hybridized carbons (Fsp3) is 0.500. The van der Waals surface area contributed by atoms with E-state index in [0.717, 1.165) is 0 Å². The maximum Gasteiger partial charge on any atom is 0.331 e. The molecule has 1 spiro atoms. The zero-order valence-corrected chi connectivity index (χ0v) is 7.78. The molecule has 2 fully saturated rings. The van der Waals surface area contributed by atoms with Crippen molar-refractivity contribution in [3.05, 3.63) is 0 Å². The van der Waals surface area contributed by atoms with Crippen LogP contribution in [0.3, 0.4) is 0 Å². The zero-order chi connectivity index (χ0) is 11.2. The van der Waals surface area contributed by atoms with E-state index in [9.17, 15) is 19.2 Å². The summed E-state index contributed by atoms with van der Waals surface area (Å²) in [5, 5.41) is 2.04. The first-order valence-corrected chi connectivity index (χ1v) is 4.43. The molecule has 2 rings (SSSR count). The van der Waals surface area contributed by atoms with Crippen LogP contribution in [0.4, 0.5) is 4.79 Å². The van der Waals surface area contributed by atoms with Crippen molar-refractivity contribution in [1.82, 2.24) is 10.2 Å². The minimum absolute atomic E-state index is 0.417. The standard InChI is InChI=1S/C8H9N3O4/c9-4(12)3-11-6(14)8(1-2-8)5(13)10-7(11)15/h1-3H2,(H2,9,12)(H,10,13,15). The first kappa shape index (κ1) is 9.63. The van der Waals surface area contributed by atoms with Crippen LogP contribution in [0.2, 0.25) is 0 Å². The van der Waals surface area contributed by atoms with Gasteiger partial charge < -0.3 is 5.73 Å². The SMILES string of the molecule is NC(=O)CN1C(=O)NC(=O)C2(CC2)C1=O. The predicted molar refractivity (Wildman–Crippen MR) is 46.1 cm³/mol. The Morgan fingerprint density at radius 2 is 2.00 bits per heavy atom. The van der Waals surface area contributed by atoms with Gasteiger partial charge in [0.2, 0.25) is 17.7 Å². The molecule has 7 nitrogen and oxygen atoms in total. The Morgan fingerprint density at radius 3 is 2.47 bits per heavy atom. The molecule has 0 unspecified atom stereocenters. The molecule has 3 N–H and O–H groups in total. The van der Waals surface area contributed by atoms with Gasteiger partial charge in [-0.15, -0.1) is 0 Å². The highest BCUT2D eigenvalue weighted by molar-refractivity contribution is 6.21. The number of carbonyl (C=O) groups excluding carboxylic acids is 4. The average molecular weight is 211 g/mol. The first-order chi connectivity index (χ1) is 6.97. The number of hydrogen-bond acceptors (Lipinski definition) is 4. The number of barbiturate groups is 1. The van der Waals surface area contributed by atoms with Crippen LogP contribution in [0.15, 0.2) is 0 Å². The third-order valence-electron chi connectivity index (χ3n) is 2.62. The van der Waals surface area contributed by atoms with Gasteiger partial charge in [-0.1, -0.05) is 0 Å². The molecule has 15 heavy (non-hydrogen) atoms. The highest BCUT2D eigenvalue weighted by Gasteiger charge is 2.62. The van der Waals surface area contributed by atoms with E-state index in [1.54, 1.807) is 0 Å². The van der Waals surface area contributed by atoms with Gasteiger partial charge in [0.15, 0.2) is 0 Å². The number of hydrogen-bond donors (Lipinski definition) is 2. The van der Waals surface area contributed by atoms with Crippen molar-refractivity contribution in [2.24, 2.45) is 11.1 Å². The van der Waals surface area contributed by atoms with Crippen molar-refractivity contribution in [2.75, 3.05) is 6.54 Å². The highest BCUT2D eigenvalue weighted by atomic mass is 16.2. The van der Waals surface area contributed by atoms with Crippen LogP contribution in [0, 0.1) is 5.41 Å². The lowest BCUT2D eigenvalue weighted by molar-refractivity contribution is -0.146. The molecule has 7 heteroatoms. The Morgan fingerprint density at radius 1 is 1.40 bits per heavy atom. The molecule has 1 aliphatic carbocycles. The van der Waals surface area contributed by atoms with Gasteiger partial charge in [0.05, 0.1) is 0 Å². The number of nitrogens with one attached hydrogen (secondary N) is 1. The molecule has 0 aromatic carbocycles. The predicted octanol–water partition coefficient (Wildman–Crippen LogP) is -1.67. The molecule has 1 heterocycles. The second kappa shape index (κ2) is 2.78. The van der Waals surface area contributed by atoms with Crippen molar-refractivity contribution >= 4 is 23.8 Å². The number of nitrogens with two attached hydrogens (primary N) is 1. The lowest BCUT2D eigenvalue weighted by Crippen LogP contribution is -2.60. The molecule has 0 aromatic heterocycles. The smallest absolute Gasteiger partial charge is 0.331 e. The van der Waals surface area contributed by atoms with Crippen LogP contribution in [-0.4, -0.2) is 35.2 Å². The van der Waals surface area contributed by atoms with E-state index in [1.807, 2.05) is 5.32 Å². The van der Waals surface area contributed by atoms with Crippen molar-refractivity contribution < 1.29 is 19.2 Å². The Bertz CT molecular complexity index is 385. The third-order valence-corrected chi connectivity index (χ3v) is 2.62. The van der Waals surface area contributed by atoms with E-state index >= 15 is 0 Å². The van der Waals surface area contributed by atoms with Gasteiger partial charge in [0.1, 0.15) is 12.0 Å². The molecule has 5 amide bonds. The van der Waals surface area contributed by atoms with Crippen LogP contribution in [0.1, 0.15) is 12.8 Å². The van der Waals surface area contributed by atoms with Gasteiger partial charge in [-0.3, -0.25) is 24.6 Å². The van der Waals surface area contributed by atoms with E-state index in [1.165, 1.54) is 0 Å². The first-order valence-electron chi connectivity index (χ1n) is 4.43. The Hall–Kier alpha value is -1.92. The van der Waals surface area contributed by atoms with Crippen molar-refractivity contribution in [3.63, 3.8) is 0 Å². The van der Waals surface area contributed by atoms with Crippen LogP contribution in [0.5, 0.6) is 0 Å². The maximum absolute atomic E-state index is 11.7. The molecule has 0 radical (unpaired) electrons. The van der Waals surface area contributed by atoms with Crippen LogP contribution < -0.4 is 11.1 Å². The summed E-state index contributed by atoms with van der Waals surface area (Å²) in [5.74, 6) is -1.98. The summed E-state index contributed by atoms with van der Waals surface area (Å²) >= 11 is 0. The summed E-state index contributed by atoms with van der Waals surface area (Å²) in [4.78, 5) is 45.6. The third kappa shape index (κ3) is 1.27. The molecule has 2 aliphatic rings. The number of primary amides is 1. The van der Waals surface area contributed by atoms with Gasteiger partial charge in [-0.05, 0) is 12.8 Å². The molecular weight excluding hydrogens is 202 g/mol. The number of imide groups is 2. The maximum atomic E-state index is 11.7. The highest BCUT2D eigenvalue weighted by Crippen LogP contribution is 2.48. The largest absolute Gasteiger partial charge is 0.368 e. The Labute approximate surface area is 84.6 Å². The van der Waals surface area contributed by atoms with Crippen molar-refractivity contribution in [2.45, 2.75) is 12.8 Å². The summed E-state index contributed by atoms with van der Waals surface area (Å²) in [7, 11) is 0. The van der Waals surface area contributed by atoms with Gasteiger partial charge >= 0.3 is 6.03 Å². The molecule has 0 atom stereocenters. The molecule has 1 saturated heterocycles. The number of amides is 5. The molecule has 1 saturated carbocycles. The van der Waals surface area contributed by atoms with E-state index in [4.69, 9.17) is 5.73 Å². The van der Waals surface area contributed by atoms with E-state index in [0.29, 0.717) is 17.7 Å². The lowest BCUT2D eigenvalue weighted by Gasteiger charge is -2.29. The fourth-order valence-corrected chi connectivity index (χ4v) is 1.60. The van der Waals surface area contributed by atoms with Crippen molar-refractivity contribution in [3.8, 4) is 0 Å². The van der Waals surface area contributed by atoms with Gasteiger partial charge in [-0.25, -0.2) is 4.79 Å². The van der Waals surface area contributed by atoms with E-state index in [2.05, 4.69) is 0 Å². The van der Waals surface area contributed by atoms with Gasteiger partial charge in [0, 0.05) is 0 Å². The monoisotopic (exact) mass is 211 g/mol. The number of rotatable bonds is 2. The van der Waals surface area contributed by atoms with Crippen LogP contribution in [-0.2, 0) is 14.4 Å². The minimum atomic E-state index is -1.11.